The smallest absolute Gasteiger partial charge is 0.307 e. The zero-order valence-corrected chi connectivity index (χ0v) is 11.2. The summed E-state index contributed by atoms with van der Waals surface area (Å²) < 4.78 is 5.26. The molecule has 1 saturated carbocycles. The molecule has 20 heavy (non-hydrogen) atoms. The Balaban J connectivity index is 1.91. The molecule has 3 atom stereocenters. The van der Waals surface area contributed by atoms with E-state index < -0.39 is 23.7 Å². The largest absolute Gasteiger partial charge is 0.481 e. The first kappa shape index (κ1) is 14.8. The molecule has 0 aromatic carbocycles. The predicted molar refractivity (Wildman–Crippen MR) is 68.5 cm³/mol. The van der Waals surface area contributed by atoms with Gasteiger partial charge in [0.15, 0.2) is 0 Å². The molecule has 1 saturated heterocycles. The number of ether oxygens (including phenoxy) is 1. The SMILES string of the molecule is NC(=O)CC(NC(=O)C1CC1C(=O)O)C1CCOCC1. The maximum absolute atomic E-state index is 12.0. The number of amides is 2. The molecule has 2 amide bonds. The fourth-order valence-electron chi connectivity index (χ4n) is 2.72. The van der Waals surface area contributed by atoms with Crippen LogP contribution in [-0.4, -0.2) is 42.1 Å². The average Bonchev–Trinajstić information content (AvgIpc) is 3.19. The number of nitrogens with two attached hydrogens (primary N) is 1. The first-order valence-corrected chi connectivity index (χ1v) is 6.88. The van der Waals surface area contributed by atoms with E-state index in [0.717, 1.165) is 12.8 Å². The van der Waals surface area contributed by atoms with Crippen LogP contribution in [-0.2, 0) is 19.1 Å². The summed E-state index contributed by atoms with van der Waals surface area (Å²) in [5.74, 6) is -2.59. The summed E-state index contributed by atoms with van der Waals surface area (Å²) in [4.78, 5) is 33.9. The van der Waals surface area contributed by atoms with Crippen molar-refractivity contribution < 1.29 is 24.2 Å². The van der Waals surface area contributed by atoms with Crippen LogP contribution in [0.4, 0.5) is 0 Å². The van der Waals surface area contributed by atoms with E-state index in [2.05, 4.69) is 5.32 Å². The molecule has 3 unspecified atom stereocenters. The predicted octanol–water partition coefficient (Wildman–Crippen LogP) is -0.506. The minimum absolute atomic E-state index is 0.0842. The van der Waals surface area contributed by atoms with Crippen LogP contribution in [0.5, 0.6) is 0 Å². The lowest BCUT2D eigenvalue weighted by molar-refractivity contribution is -0.140. The third-order valence-corrected chi connectivity index (χ3v) is 4.03. The van der Waals surface area contributed by atoms with Crippen molar-refractivity contribution in [3.8, 4) is 0 Å². The Hall–Kier alpha value is -1.63. The van der Waals surface area contributed by atoms with Gasteiger partial charge in [0.2, 0.25) is 11.8 Å². The monoisotopic (exact) mass is 284 g/mol. The summed E-state index contributed by atoms with van der Waals surface area (Å²) in [5.41, 5.74) is 5.23. The lowest BCUT2D eigenvalue weighted by Gasteiger charge is -2.30. The maximum Gasteiger partial charge on any atom is 0.307 e. The number of carboxylic acid groups (broad SMARTS) is 1. The van der Waals surface area contributed by atoms with Crippen molar-refractivity contribution >= 4 is 17.8 Å². The first-order chi connectivity index (χ1) is 9.49. The summed E-state index contributed by atoms with van der Waals surface area (Å²) >= 11 is 0. The highest BCUT2D eigenvalue weighted by Gasteiger charge is 2.49. The molecule has 1 aliphatic heterocycles. The number of hydrogen-bond acceptors (Lipinski definition) is 4. The van der Waals surface area contributed by atoms with Crippen LogP contribution in [0.3, 0.4) is 0 Å². The molecule has 2 rings (SSSR count). The Morgan fingerprint density at radius 3 is 2.40 bits per heavy atom. The van der Waals surface area contributed by atoms with Gasteiger partial charge >= 0.3 is 5.97 Å². The lowest BCUT2D eigenvalue weighted by atomic mass is 9.89. The van der Waals surface area contributed by atoms with E-state index in [9.17, 15) is 14.4 Å². The Kier molecular flexibility index (Phi) is 4.59. The van der Waals surface area contributed by atoms with Crippen molar-refractivity contribution in [2.24, 2.45) is 23.5 Å². The highest BCUT2D eigenvalue weighted by Crippen LogP contribution is 2.39. The zero-order chi connectivity index (χ0) is 14.7. The van der Waals surface area contributed by atoms with Crippen molar-refractivity contribution in [3.05, 3.63) is 0 Å². The van der Waals surface area contributed by atoms with E-state index in [4.69, 9.17) is 15.6 Å². The minimum atomic E-state index is -0.942. The van der Waals surface area contributed by atoms with Crippen LogP contribution >= 0.6 is 0 Å². The summed E-state index contributed by atoms with van der Waals surface area (Å²) in [7, 11) is 0. The molecule has 7 heteroatoms. The van der Waals surface area contributed by atoms with Gasteiger partial charge in [-0.1, -0.05) is 0 Å². The quantitative estimate of drug-likeness (QED) is 0.607. The van der Waals surface area contributed by atoms with Gasteiger partial charge in [-0.2, -0.15) is 0 Å². The van der Waals surface area contributed by atoms with Crippen LogP contribution in [0.2, 0.25) is 0 Å². The number of carbonyl (C=O) groups excluding carboxylic acids is 2. The van der Waals surface area contributed by atoms with Gasteiger partial charge in [-0.05, 0) is 25.2 Å². The van der Waals surface area contributed by atoms with Crippen LogP contribution in [0, 0.1) is 17.8 Å². The molecular formula is C13H20N2O5. The highest BCUT2D eigenvalue weighted by atomic mass is 16.5. The highest BCUT2D eigenvalue weighted by molar-refractivity contribution is 5.90. The van der Waals surface area contributed by atoms with Crippen molar-refractivity contribution in [1.82, 2.24) is 5.32 Å². The third-order valence-electron chi connectivity index (χ3n) is 4.03. The van der Waals surface area contributed by atoms with Gasteiger partial charge in [0, 0.05) is 25.7 Å². The van der Waals surface area contributed by atoms with Crippen LogP contribution in [0.1, 0.15) is 25.7 Å². The first-order valence-electron chi connectivity index (χ1n) is 6.88. The molecule has 0 aromatic rings. The number of carboxylic acids is 1. The van der Waals surface area contributed by atoms with E-state index in [-0.39, 0.29) is 24.3 Å². The number of hydrogen-bond donors (Lipinski definition) is 3. The van der Waals surface area contributed by atoms with E-state index >= 15 is 0 Å². The summed E-state index contributed by atoms with van der Waals surface area (Å²) in [5, 5.41) is 11.6. The van der Waals surface area contributed by atoms with Crippen molar-refractivity contribution in [3.63, 3.8) is 0 Å². The Morgan fingerprint density at radius 1 is 1.25 bits per heavy atom. The lowest BCUT2D eigenvalue weighted by Crippen LogP contribution is -2.45. The normalized spacial score (nSPS) is 27.6. The Bertz CT molecular complexity index is 406. The van der Waals surface area contributed by atoms with E-state index in [1.807, 2.05) is 0 Å². The molecule has 4 N–H and O–H groups in total. The molecule has 0 radical (unpaired) electrons. The van der Waals surface area contributed by atoms with Crippen LogP contribution in [0.25, 0.3) is 0 Å². The Morgan fingerprint density at radius 2 is 1.90 bits per heavy atom. The molecule has 7 nitrogen and oxygen atoms in total. The fourth-order valence-corrected chi connectivity index (χ4v) is 2.72. The van der Waals surface area contributed by atoms with Crippen molar-refractivity contribution in [1.29, 1.82) is 0 Å². The zero-order valence-electron chi connectivity index (χ0n) is 11.2. The molecule has 0 spiro atoms. The molecular weight excluding hydrogens is 264 g/mol. The maximum atomic E-state index is 12.0. The molecule has 0 bridgehead atoms. The van der Waals surface area contributed by atoms with E-state index in [1.165, 1.54) is 0 Å². The van der Waals surface area contributed by atoms with Gasteiger partial charge in [0.25, 0.3) is 0 Å². The third kappa shape index (κ3) is 3.69. The Labute approximate surface area is 116 Å². The molecule has 112 valence electrons. The summed E-state index contributed by atoms with van der Waals surface area (Å²) in [6, 6.07) is -0.320. The molecule has 2 aliphatic rings. The molecule has 1 aliphatic carbocycles. The summed E-state index contributed by atoms with van der Waals surface area (Å²) in [6.45, 7) is 1.22. The second-order valence-electron chi connectivity index (χ2n) is 5.52. The second kappa shape index (κ2) is 6.21. The standard InChI is InChI=1S/C13H20N2O5/c14-11(16)6-10(7-1-3-20-4-2-7)15-12(17)8-5-9(8)13(18)19/h7-10H,1-6H2,(H2,14,16)(H,15,17)(H,18,19). The second-order valence-corrected chi connectivity index (χ2v) is 5.52. The van der Waals surface area contributed by atoms with Gasteiger partial charge < -0.3 is 20.9 Å². The number of carbonyl (C=O) groups is 3. The van der Waals surface area contributed by atoms with Gasteiger partial charge in [0.1, 0.15) is 0 Å². The number of primary amides is 1. The van der Waals surface area contributed by atoms with Gasteiger partial charge in [0.05, 0.1) is 11.8 Å². The van der Waals surface area contributed by atoms with Crippen LogP contribution < -0.4 is 11.1 Å². The number of nitrogens with one attached hydrogen (secondary N) is 1. The van der Waals surface area contributed by atoms with E-state index in [1.54, 1.807) is 0 Å². The van der Waals surface area contributed by atoms with Crippen LogP contribution in [0.15, 0.2) is 0 Å². The number of rotatable bonds is 6. The van der Waals surface area contributed by atoms with Crippen molar-refractivity contribution in [2.75, 3.05) is 13.2 Å². The molecule has 2 fully saturated rings. The average molecular weight is 284 g/mol. The minimum Gasteiger partial charge on any atom is -0.481 e. The van der Waals surface area contributed by atoms with Gasteiger partial charge in [-0.15, -0.1) is 0 Å². The summed E-state index contributed by atoms with van der Waals surface area (Å²) in [6.07, 6.45) is 2.00. The number of aliphatic carboxylic acids is 1. The fraction of sp³-hybridized carbons (Fsp3) is 0.769. The molecule has 0 aromatic heterocycles. The van der Waals surface area contributed by atoms with E-state index in [0.29, 0.717) is 19.6 Å². The molecule has 1 heterocycles. The van der Waals surface area contributed by atoms with Crippen molar-refractivity contribution in [2.45, 2.75) is 31.7 Å². The van der Waals surface area contributed by atoms with Gasteiger partial charge in [-0.3, -0.25) is 14.4 Å². The van der Waals surface area contributed by atoms with Gasteiger partial charge in [-0.25, -0.2) is 0 Å². The topological polar surface area (TPSA) is 119 Å².